The van der Waals surface area contributed by atoms with Crippen molar-refractivity contribution in [2.45, 2.75) is 19.1 Å². The number of benzene rings is 2. The van der Waals surface area contributed by atoms with Gasteiger partial charge in [0.25, 0.3) is 5.91 Å². The number of hydrogen-bond donors (Lipinski definition) is 2. The molecule has 9 heteroatoms. The Balaban J connectivity index is 1.72. The lowest BCUT2D eigenvalue weighted by molar-refractivity contribution is -0.133. The lowest BCUT2D eigenvalue weighted by Crippen LogP contribution is -2.42. The van der Waals surface area contributed by atoms with E-state index < -0.39 is 36.5 Å². The fourth-order valence-electron chi connectivity index (χ4n) is 2.87. The third-order valence-electron chi connectivity index (χ3n) is 4.29. The van der Waals surface area contributed by atoms with Crippen molar-refractivity contribution in [3.63, 3.8) is 0 Å². The van der Waals surface area contributed by atoms with Crippen LogP contribution in [0.15, 0.2) is 54.6 Å². The number of anilines is 1. The molecule has 0 aliphatic carbocycles. The van der Waals surface area contributed by atoms with Gasteiger partial charge in [-0.25, -0.2) is 4.79 Å². The molecule has 3 rings (SSSR count). The van der Waals surface area contributed by atoms with Gasteiger partial charge >= 0.3 is 12.6 Å². The van der Waals surface area contributed by atoms with Crippen LogP contribution >= 0.6 is 0 Å². The summed E-state index contributed by atoms with van der Waals surface area (Å²) in [6, 6.07) is 13.3. The summed E-state index contributed by atoms with van der Waals surface area (Å²) in [6.45, 7) is -1.94. The standard InChI is InChI=1S/C19H17F2N3O4/c1-19(12-7-9-14(10-8-12)28-17(20)21)16(26)24(18(27)23-19)11-15(25)22-13-5-3-2-4-6-13/h2-10,17H,11H2,1H3,(H,22,25)(H,23,27)/t19-/m1/s1. The highest BCUT2D eigenvalue weighted by Gasteiger charge is 2.49. The van der Waals surface area contributed by atoms with E-state index in [-0.39, 0.29) is 5.75 Å². The number of halogens is 2. The number of hydrogen-bond acceptors (Lipinski definition) is 4. The van der Waals surface area contributed by atoms with Crippen molar-refractivity contribution >= 4 is 23.5 Å². The molecule has 146 valence electrons. The first-order chi connectivity index (χ1) is 13.3. The van der Waals surface area contributed by atoms with Gasteiger partial charge < -0.3 is 15.4 Å². The van der Waals surface area contributed by atoms with E-state index in [1.54, 1.807) is 30.3 Å². The summed E-state index contributed by atoms with van der Waals surface area (Å²) in [5.41, 5.74) is -0.511. The van der Waals surface area contributed by atoms with Crippen LogP contribution in [0.4, 0.5) is 19.3 Å². The normalized spacial score (nSPS) is 18.9. The van der Waals surface area contributed by atoms with Crippen molar-refractivity contribution in [1.82, 2.24) is 10.2 Å². The number of nitrogens with zero attached hydrogens (tertiary/aromatic N) is 1. The number of alkyl halides is 2. The van der Waals surface area contributed by atoms with Crippen molar-refractivity contribution in [2.24, 2.45) is 0 Å². The molecule has 1 heterocycles. The SMILES string of the molecule is C[C@]1(c2ccc(OC(F)F)cc2)NC(=O)N(CC(=O)Nc2ccccc2)C1=O. The van der Waals surface area contributed by atoms with E-state index in [9.17, 15) is 23.2 Å². The largest absolute Gasteiger partial charge is 0.435 e. The minimum Gasteiger partial charge on any atom is -0.435 e. The molecule has 1 aliphatic rings. The van der Waals surface area contributed by atoms with Crippen LogP contribution in [0.25, 0.3) is 0 Å². The minimum atomic E-state index is -2.96. The number of imide groups is 1. The molecule has 1 saturated heterocycles. The van der Waals surface area contributed by atoms with Crippen LogP contribution in [0.3, 0.4) is 0 Å². The Morgan fingerprint density at radius 1 is 1.14 bits per heavy atom. The van der Waals surface area contributed by atoms with Gasteiger partial charge in [0.2, 0.25) is 5.91 Å². The van der Waals surface area contributed by atoms with E-state index in [4.69, 9.17) is 0 Å². The topological polar surface area (TPSA) is 87.7 Å². The Morgan fingerprint density at radius 3 is 2.39 bits per heavy atom. The molecular weight excluding hydrogens is 372 g/mol. The van der Waals surface area contributed by atoms with Crippen molar-refractivity contribution in [1.29, 1.82) is 0 Å². The number of nitrogens with one attached hydrogen (secondary N) is 2. The molecule has 2 N–H and O–H groups in total. The van der Waals surface area contributed by atoms with Crippen LogP contribution in [0.2, 0.25) is 0 Å². The van der Waals surface area contributed by atoms with Crippen LogP contribution in [0, 0.1) is 0 Å². The Morgan fingerprint density at radius 2 is 1.79 bits per heavy atom. The van der Waals surface area contributed by atoms with Gasteiger partial charge in [-0.15, -0.1) is 0 Å². The van der Waals surface area contributed by atoms with Gasteiger partial charge in [0.05, 0.1) is 0 Å². The predicted molar refractivity (Wildman–Crippen MR) is 95.7 cm³/mol. The maximum atomic E-state index is 12.8. The smallest absolute Gasteiger partial charge is 0.387 e. The van der Waals surface area contributed by atoms with Crippen LogP contribution < -0.4 is 15.4 Å². The molecule has 0 spiro atoms. The van der Waals surface area contributed by atoms with Crippen LogP contribution in [-0.2, 0) is 15.1 Å². The van der Waals surface area contributed by atoms with Crippen molar-refractivity contribution in [2.75, 3.05) is 11.9 Å². The van der Waals surface area contributed by atoms with Gasteiger partial charge in [0, 0.05) is 5.69 Å². The van der Waals surface area contributed by atoms with E-state index in [0.29, 0.717) is 11.3 Å². The molecule has 1 atom stereocenters. The summed E-state index contributed by atoms with van der Waals surface area (Å²) >= 11 is 0. The van der Waals surface area contributed by atoms with E-state index in [0.717, 1.165) is 4.90 Å². The maximum Gasteiger partial charge on any atom is 0.387 e. The zero-order valence-corrected chi connectivity index (χ0v) is 14.8. The number of rotatable bonds is 6. The number of amides is 4. The molecule has 28 heavy (non-hydrogen) atoms. The summed E-state index contributed by atoms with van der Waals surface area (Å²) < 4.78 is 28.8. The summed E-state index contributed by atoms with van der Waals surface area (Å²) in [5, 5.41) is 5.15. The van der Waals surface area contributed by atoms with Gasteiger partial charge in [0.1, 0.15) is 17.8 Å². The van der Waals surface area contributed by atoms with E-state index in [2.05, 4.69) is 15.4 Å². The Kier molecular flexibility index (Phi) is 5.25. The highest BCUT2D eigenvalue weighted by Crippen LogP contribution is 2.30. The lowest BCUT2D eigenvalue weighted by atomic mass is 9.92. The first kappa shape index (κ1) is 19.3. The molecule has 0 aromatic heterocycles. The Hall–Kier alpha value is -3.49. The van der Waals surface area contributed by atoms with Gasteiger partial charge in [-0.1, -0.05) is 30.3 Å². The van der Waals surface area contributed by atoms with Gasteiger partial charge in [-0.05, 0) is 36.8 Å². The molecule has 0 radical (unpaired) electrons. The molecule has 0 bridgehead atoms. The van der Waals surface area contributed by atoms with E-state index in [1.165, 1.54) is 31.2 Å². The summed E-state index contributed by atoms with van der Waals surface area (Å²) in [5.74, 6) is -1.22. The highest BCUT2D eigenvalue weighted by molar-refractivity contribution is 6.10. The second kappa shape index (κ2) is 7.63. The third kappa shape index (κ3) is 3.93. The van der Waals surface area contributed by atoms with Crippen molar-refractivity contribution in [3.05, 3.63) is 60.2 Å². The zero-order chi connectivity index (χ0) is 20.3. The fourth-order valence-corrected chi connectivity index (χ4v) is 2.87. The van der Waals surface area contributed by atoms with Crippen LogP contribution in [-0.4, -0.2) is 35.9 Å². The van der Waals surface area contributed by atoms with E-state index >= 15 is 0 Å². The number of para-hydroxylation sites is 1. The number of urea groups is 1. The Bertz CT molecular complexity index is 890. The van der Waals surface area contributed by atoms with Crippen LogP contribution in [0.1, 0.15) is 12.5 Å². The molecule has 0 saturated carbocycles. The molecule has 2 aromatic carbocycles. The van der Waals surface area contributed by atoms with Crippen molar-refractivity contribution in [3.8, 4) is 5.75 Å². The molecule has 2 aromatic rings. The van der Waals surface area contributed by atoms with E-state index in [1.807, 2.05) is 0 Å². The molecule has 0 unspecified atom stereocenters. The summed E-state index contributed by atoms with van der Waals surface area (Å²) in [7, 11) is 0. The third-order valence-corrected chi connectivity index (χ3v) is 4.29. The average molecular weight is 389 g/mol. The number of carbonyl (C=O) groups is 3. The first-order valence-corrected chi connectivity index (χ1v) is 8.34. The van der Waals surface area contributed by atoms with Gasteiger partial charge in [0.15, 0.2) is 0 Å². The fraction of sp³-hybridized carbons (Fsp3) is 0.211. The van der Waals surface area contributed by atoms with Gasteiger partial charge in [-0.2, -0.15) is 8.78 Å². The number of ether oxygens (including phenoxy) is 1. The first-order valence-electron chi connectivity index (χ1n) is 8.34. The average Bonchev–Trinajstić information content (AvgIpc) is 2.86. The molecular formula is C19H17F2N3O4. The monoisotopic (exact) mass is 389 g/mol. The Labute approximate surface area is 159 Å². The lowest BCUT2D eigenvalue weighted by Gasteiger charge is -2.22. The van der Waals surface area contributed by atoms with Crippen LogP contribution in [0.5, 0.6) is 5.75 Å². The minimum absolute atomic E-state index is 0.0711. The maximum absolute atomic E-state index is 12.8. The molecule has 4 amide bonds. The number of carbonyl (C=O) groups excluding carboxylic acids is 3. The summed E-state index contributed by atoms with van der Waals surface area (Å²) in [6.07, 6.45) is 0. The second-order valence-electron chi connectivity index (χ2n) is 6.26. The highest BCUT2D eigenvalue weighted by atomic mass is 19.3. The van der Waals surface area contributed by atoms with Crippen molar-refractivity contribution < 1.29 is 27.9 Å². The predicted octanol–water partition coefficient (Wildman–Crippen LogP) is 2.69. The molecule has 1 aliphatic heterocycles. The van der Waals surface area contributed by atoms with Gasteiger partial charge in [-0.3, -0.25) is 14.5 Å². The summed E-state index contributed by atoms with van der Waals surface area (Å²) in [4.78, 5) is 38.1. The zero-order valence-electron chi connectivity index (χ0n) is 14.8. The second-order valence-corrected chi connectivity index (χ2v) is 6.26. The molecule has 1 fully saturated rings. The molecule has 7 nitrogen and oxygen atoms in total. The quantitative estimate of drug-likeness (QED) is 0.744.